The van der Waals surface area contributed by atoms with Crippen LogP contribution in [0.15, 0.2) is 0 Å². The topological polar surface area (TPSA) is 55.6 Å². The van der Waals surface area contributed by atoms with Crippen molar-refractivity contribution in [1.82, 2.24) is 4.90 Å². The van der Waals surface area contributed by atoms with E-state index in [1.54, 1.807) is 11.9 Å². The molecule has 0 aliphatic heterocycles. The van der Waals surface area contributed by atoms with Gasteiger partial charge in [-0.1, -0.05) is 13.8 Å². The number of hydrogen-bond donors (Lipinski definition) is 1. The first-order valence-corrected chi connectivity index (χ1v) is 6.68. The second-order valence-corrected chi connectivity index (χ2v) is 7.02. The SMILES string of the molecule is CC(C1C(CN)C1(C)C)N(C)C(=O)OC(C)(C)C. The van der Waals surface area contributed by atoms with Crippen LogP contribution in [0.3, 0.4) is 0 Å². The Labute approximate surface area is 111 Å². The zero-order valence-electron chi connectivity index (χ0n) is 12.8. The molecule has 1 aliphatic carbocycles. The first-order valence-electron chi connectivity index (χ1n) is 6.68. The number of nitrogens with zero attached hydrogens (tertiary/aromatic N) is 1. The summed E-state index contributed by atoms with van der Waals surface area (Å²) in [5, 5.41) is 0. The van der Waals surface area contributed by atoms with Crippen molar-refractivity contribution in [1.29, 1.82) is 0 Å². The minimum atomic E-state index is -0.447. The van der Waals surface area contributed by atoms with Crippen LogP contribution in [-0.4, -0.2) is 36.2 Å². The maximum absolute atomic E-state index is 12.0. The number of carbonyl (C=O) groups excluding carboxylic acids is 1. The minimum Gasteiger partial charge on any atom is -0.444 e. The zero-order chi connectivity index (χ0) is 14.3. The summed E-state index contributed by atoms with van der Waals surface area (Å²) in [6.07, 6.45) is -0.256. The van der Waals surface area contributed by atoms with E-state index >= 15 is 0 Å². The Balaban J connectivity index is 2.63. The van der Waals surface area contributed by atoms with Crippen molar-refractivity contribution >= 4 is 6.09 Å². The minimum absolute atomic E-state index is 0.156. The molecule has 3 atom stereocenters. The van der Waals surface area contributed by atoms with E-state index < -0.39 is 5.60 Å². The molecule has 0 heterocycles. The van der Waals surface area contributed by atoms with Gasteiger partial charge in [0.2, 0.25) is 0 Å². The molecule has 0 aromatic rings. The Morgan fingerprint density at radius 2 is 1.94 bits per heavy atom. The Hall–Kier alpha value is -0.770. The van der Waals surface area contributed by atoms with Crippen LogP contribution in [0.2, 0.25) is 0 Å². The van der Waals surface area contributed by atoms with Crippen molar-refractivity contribution < 1.29 is 9.53 Å². The smallest absolute Gasteiger partial charge is 0.410 e. The largest absolute Gasteiger partial charge is 0.444 e. The van der Waals surface area contributed by atoms with Crippen molar-refractivity contribution in [2.45, 2.75) is 53.2 Å². The summed E-state index contributed by atoms with van der Waals surface area (Å²) in [4.78, 5) is 13.7. The van der Waals surface area contributed by atoms with Gasteiger partial charge in [0.05, 0.1) is 0 Å². The summed E-state index contributed by atoms with van der Waals surface area (Å²) < 4.78 is 5.39. The predicted molar refractivity (Wildman–Crippen MR) is 73.3 cm³/mol. The van der Waals surface area contributed by atoms with Gasteiger partial charge < -0.3 is 15.4 Å². The third-order valence-electron chi connectivity index (χ3n) is 4.21. The first-order chi connectivity index (χ1) is 8.02. The Kier molecular flexibility index (Phi) is 4.01. The van der Waals surface area contributed by atoms with Crippen molar-refractivity contribution in [2.75, 3.05) is 13.6 Å². The van der Waals surface area contributed by atoms with Crippen LogP contribution in [0, 0.1) is 17.3 Å². The normalized spacial score (nSPS) is 27.6. The molecule has 2 N–H and O–H groups in total. The van der Waals surface area contributed by atoms with E-state index in [9.17, 15) is 4.79 Å². The van der Waals surface area contributed by atoms with E-state index in [-0.39, 0.29) is 17.6 Å². The number of hydrogen-bond acceptors (Lipinski definition) is 3. The molecule has 1 rings (SSSR count). The zero-order valence-corrected chi connectivity index (χ0v) is 12.8. The van der Waals surface area contributed by atoms with E-state index in [0.717, 1.165) is 0 Å². The van der Waals surface area contributed by atoms with Gasteiger partial charge in [0, 0.05) is 13.1 Å². The molecule has 18 heavy (non-hydrogen) atoms. The van der Waals surface area contributed by atoms with E-state index in [1.165, 1.54) is 0 Å². The van der Waals surface area contributed by atoms with E-state index in [2.05, 4.69) is 20.8 Å². The number of ether oxygens (including phenoxy) is 1. The summed E-state index contributed by atoms with van der Waals surface area (Å²) in [5.41, 5.74) is 5.56. The maximum atomic E-state index is 12.0. The van der Waals surface area contributed by atoms with Gasteiger partial charge in [-0.15, -0.1) is 0 Å². The number of carbonyl (C=O) groups is 1. The molecule has 4 heteroatoms. The molecule has 1 saturated carbocycles. The highest BCUT2D eigenvalue weighted by Crippen LogP contribution is 2.60. The molecule has 1 fully saturated rings. The third kappa shape index (κ3) is 2.97. The second-order valence-electron chi connectivity index (χ2n) is 7.02. The van der Waals surface area contributed by atoms with Crippen LogP contribution in [0.5, 0.6) is 0 Å². The van der Waals surface area contributed by atoms with Crippen LogP contribution < -0.4 is 5.73 Å². The molecular formula is C14H28N2O2. The lowest BCUT2D eigenvalue weighted by Crippen LogP contribution is -2.41. The standard InChI is InChI=1S/C14H28N2O2/c1-9(11-10(8-15)14(11,5)6)16(7)12(17)18-13(2,3)4/h9-11H,8,15H2,1-7H3. The molecule has 0 saturated heterocycles. The van der Waals surface area contributed by atoms with Crippen LogP contribution >= 0.6 is 0 Å². The number of nitrogens with two attached hydrogens (primary N) is 1. The van der Waals surface area contributed by atoms with Crippen LogP contribution in [0.4, 0.5) is 4.79 Å². The van der Waals surface area contributed by atoms with Crippen molar-refractivity contribution in [3.05, 3.63) is 0 Å². The van der Waals surface area contributed by atoms with E-state index in [1.807, 2.05) is 20.8 Å². The van der Waals surface area contributed by atoms with Crippen LogP contribution in [-0.2, 0) is 4.74 Å². The fourth-order valence-corrected chi connectivity index (χ4v) is 2.94. The van der Waals surface area contributed by atoms with Crippen molar-refractivity contribution in [3.8, 4) is 0 Å². The molecular weight excluding hydrogens is 228 g/mol. The number of amides is 1. The third-order valence-corrected chi connectivity index (χ3v) is 4.21. The Morgan fingerprint density at radius 3 is 2.28 bits per heavy atom. The fraction of sp³-hybridized carbons (Fsp3) is 0.929. The summed E-state index contributed by atoms with van der Waals surface area (Å²) in [7, 11) is 1.81. The molecule has 106 valence electrons. The Bertz CT molecular complexity index is 320. The molecule has 4 nitrogen and oxygen atoms in total. The average Bonchev–Trinajstić information content (AvgIpc) is 2.75. The highest BCUT2D eigenvalue weighted by Gasteiger charge is 2.60. The quantitative estimate of drug-likeness (QED) is 0.844. The lowest BCUT2D eigenvalue weighted by Gasteiger charge is -2.29. The van der Waals surface area contributed by atoms with Gasteiger partial charge >= 0.3 is 6.09 Å². The highest BCUT2D eigenvalue weighted by atomic mass is 16.6. The molecule has 0 aromatic heterocycles. The predicted octanol–water partition coefficient (Wildman–Crippen LogP) is 2.47. The van der Waals surface area contributed by atoms with Crippen molar-refractivity contribution in [3.63, 3.8) is 0 Å². The van der Waals surface area contributed by atoms with Gasteiger partial charge in [0.1, 0.15) is 5.60 Å². The lowest BCUT2D eigenvalue weighted by atomic mass is 10.0. The van der Waals surface area contributed by atoms with Crippen molar-refractivity contribution in [2.24, 2.45) is 23.0 Å². The monoisotopic (exact) mass is 256 g/mol. The summed E-state index contributed by atoms with van der Waals surface area (Å²) >= 11 is 0. The van der Waals surface area contributed by atoms with E-state index in [4.69, 9.17) is 10.5 Å². The van der Waals surface area contributed by atoms with Gasteiger partial charge in [-0.25, -0.2) is 4.79 Å². The average molecular weight is 256 g/mol. The number of rotatable bonds is 3. The second kappa shape index (κ2) is 4.72. The Morgan fingerprint density at radius 1 is 1.44 bits per heavy atom. The van der Waals surface area contributed by atoms with Gasteiger partial charge in [0.25, 0.3) is 0 Å². The summed E-state index contributed by atoms with van der Waals surface area (Å²) in [6.45, 7) is 12.8. The first kappa shape index (κ1) is 15.3. The van der Waals surface area contributed by atoms with Gasteiger partial charge in [-0.2, -0.15) is 0 Å². The molecule has 1 amide bonds. The fourth-order valence-electron chi connectivity index (χ4n) is 2.94. The van der Waals surface area contributed by atoms with Crippen LogP contribution in [0.1, 0.15) is 41.5 Å². The lowest BCUT2D eigenvalue weighted by molar-refractivity contribution is 0.0207. The van der Waals surface area contributed by atoms with Gasteiger partial charge in [-0.3, -0.25) is 0 Å². The highest BCUT2D eigenvalue weighted by molar-refractivity contribution is 5.68. The maximum Gasteiger partial charge on any atom is 0.410 e. The van der Waals surface area contributed by atoms with E-state index in [0.29, 0.717) is 18.4 Å². The van der Waals surface area contributed by atoms with Gasteiger partial charge in [-0.05, 0) is 51.5 Å². The molecule has 0 aromatic carbocycles. The summed E-state index contributed by atoms with van der Waals surface area (Å²) in [6, 6.07) is 0.156. The molecule has 3 unspecified atom stereocenters. The summed E-state index contributed by atoms with van der Waals surface area (Å²) in [5.74, 6) is 0.956. The molecule has 0 spiro atoms. The van der Waals surface area contributed by atoms with Gasteiger partial charge in [0.15, 0.2) is 0 Å². The molecule has 0 bridgehead atoms. The van der Waals surface area contributed by atoms with Crippen LogP contribution in [0.25, 0.3) is 0 Å². The molecule has 0 radical (unpaired) electrons. The molecule has 1 aliphatic rings.